The zero-order valence-corrected chi connectivity index (χ0v) is 11.8. The van der Waals surface area contributed by atoms with Crippen LogP contribution in [0.25, 0.3) is 0 Å². The van der Waals surface area contributed by atoms with Gasteiger partial charge in [0.1, 0.15) is 11.6 Å². The lowest BCUT2D eigenvalue weighted by atomic mass is 10.1. The van der Waals surface area contributed by atoms with Gasteiger partial charge in [-0.15, -0.1) is 0 Å². The smallest absolute Gasteiger partial charge is 0.224 e. The molecule has 0 aliphatic carbocycles. The van der Waals surface area contributed by atoms with Gasteiger partial charge < -0.3 is 9.84 Å². The summed E-state index contributed by atoms with van der Waals surface area (Å²) < 4.78 is 18.4. The van der Waals surface area contributed by atoms with Gasteiger partial charge in [-0.05, 0) is 44.9 Å². The van der Waals surface area contributed by atoms with Gasteiger partial charge in [0.2, 0.25) is 5.91 Å². The number of carbonyl (C=O) groups is 1. The Morgan fingerprint density at radius 2 is 2.10 bits per heavy atom. The van der Waals surface area contributed by atoms with Gasteiger partial charge in [-0.2, -0.15) is 0 Å². The molecule has 0 saturated heterocycles. The van der Waals surface area contributed by atoms with Gasteiger partial charge in [0.25, 0.3) is 0 Å². The molecule has 0 atom stereocenters. The first-order valence-electron chi connectivity index (χ1n) is 6.45. The second-order valence-electron chi connectivity index (χ2n) is 4.81. The highest BCUT2D eigenvalue weighted by atomic mass is 19.1. The predicted molar refractivity (Wildman–Crippen MR) is 74.1 cm³/mol. The molecule has 1 heterocycles. The van der Waals surface area contributed by atoms with Crippen molar-refractivity contribution >= 4 is 11.6 Å². The van der Waals surface area contributed by atoms with E-state index in [1.54, 1.807) is 19.1 Å². The van der Waals surface area contributed by atoms with E-state index in [-0.39, 0.29) is 11.7 Å². The molecule has 0 aliphatic heterocycles. The first kappa shape index (κ1) is 14.2. The van der Waals surface area contributed by atoms with Gasteiger partial charge in [-0.1, -0.05) is 11.2 Å². The van der Waals surface area contributed by atoms with Crippen molar-refractivity contribution in [3.8, 4) is 0 Å². The SMILES string of the molecule is Cc1ccc(NC(=O)CCc2c(C)noc2C)cc1F. The maximum absolute atomic E-state index is 13.4. The molecule has 0 aliphatic rings. The average molecular weight is 276 g/mol. The number of rotatable bonds is 4. The molecule has 0 bridgehead atoms. The minimum absolute atomic E-state index is 0.159. The molecule has 5 heteroatoms. The molecule has 4 nitrogen and oxygen atoms in total. The summed E-state index contributed by atoms with van der Waals surface area (Å²) in [7, 11) is 0. The van der Waals surface area contributed by atoms with Crippen LogP contribution in [0.1, 0.15) is 29.0 Å². The van der Waals surface area contributed by atoms with Crippen molar-refractivity contribution in [1.82, 2.24) is 5.16 Å². The standard InChI is InChI=1S/C15H17FN2O2/c1-9-4-5-12(8-14(9)16)17-15(19)7-6-13-10(2)18-20-11(13)3/h4-5,8H,6-7H2,1-3H3,(H,17,19). The number of aromatic nitrogens is 1. The number of carbonyl (C=O) groups excluding carboxylic acids is 1. The Morgan fingerprint density at radius 1 is 1.35 bits per heavy atom. The number of nitrogens with zero attached hydrogens (tertiary/aromatic N) is 1. The molecule has 1 amide bonds. The summed E-state index contributed by atoms with van der Waals surface area (Å²) in [5.41, 5.74) is 2.78. The fourth-order valence-electron chi connectivity index (χ4n) is 1.99. The Morgan fingerprint density at radius 3 is 2.70 bits per heavy atom. The summed E-state index contributed by atoms with van der Waals surface area (Å²) in [4.78, 5) is 11.8. The Kier molecular flexibility index (Phi) is 4.17. The van der Waals surface area contributed by atoms with Gasteiger partial charge in [0.05, 0.1) is 5.69 Å². The van der Waals surface area contributed by atoms with Crippen LogP contribution in [-0.2, 0) is 11.2 Å². The summed E-state index contributed by atoms with van der Waals surface area (Å²) in [6.07, 6.45) is 0.861. The Labute approximate surface area is 117 Å². The largest absolute Gasteiger partial charge is 0.361 e. The second-order valence-corrected chi connectivity index (χ2v) is 4.81. The highest BCUT2D eigenvalue weighted by Crippen LogP contribution is 2.16. The van der Waals surface area contributed by atoms with Crippen LogP contribution >= 0.6 is 0 Å². The van der Waals surface area contributed by atoms with Gasteiger partial charge in [-0.3, -0.25) is 4.79 Å². The lowest BCUT2D eigenvalue weighted by molar-refractivity contribution is -0.116. The maximum Gasteiger partial charge on any atom is 0.224 e. The van der Waals surface area contributed by atoms with Gasteiger partial charge >= 0.3 is 0 Å². The first-order chi connectivity index (χ1) is 9.47. The number of benzene rings is 1. The first-order valence-corrected chi connectivity index (χ1v) is 6.45. The van der Waals surface area contributed by atoms with Crippen LogP contribution in [-0.4, -0.2) is 11.1 Å². The zero-order valence-electron chi connectivity index (χ0n) is 11.8. The fraction of sp³-hybridized carbons (Fsp3) is 0.333. The van der Waals surface area contributed by atoms with E-state index in [2.05, 4.69) is 10.5 Å². The van der Waals surface area contributed by atoms with Crippen molar-refractivity contribution < 1.29 is 13.7 Å². The van der Waals surface area contributed by atoms with Gasteiger partial charge in [0, 0.05) is 17.7 Å². The van der Waals surface area contributed by atoms with E-state index < -0.39 is 0 Å². The molecule has 0 radical (unpaired) electrons. The van der Waals surface area contributed by atoms with Crippen molar-refractivity contribution in [2.24, 2.45) is 0 Å². The van der Waals surface area contributed by atoms with Crippen molar-refractivity contribution in [1.29, 1.82) is 0 Å². The Hall–Kier alpha value is -2.17. The summed E-state index contributed by atoms with van der Waals surface area (Å²) in [5, 5.41) is 6.52. The number of amides is 1. The monoisotopic (exact) mass is 276 g/mol. The van der Waals surface area contributed by atoms with Crippen LogP contribution < -0.4 is 5.32 Å². The van der Waals surface area contributed by atoms with E-state index in [9.17, 15) is 9.18 Å². The summed E-state index contributed by atoms with van der Waals surface area (Å²) in [6, 6.07) is 4.65. The van der Waals surface area contributed by atoms with Crippen LogP contribution in [0, 0.1) is 26.6 Å². The number of halogens is 1. The van der Waals surface area contributed by atoms with E-state index in [4.69, 9.17) is 4.52 Å². The molecule has 2 aromatic rings. The van der Waals surface area contributed by atoms with Crippen molar-refractivity contribution in [2.45, 2.75) is 33.6 Å². The van der Waals surface area contributed by atoms with E-state index in [1.807, 2.05) is 13.8 Å². The second kappa shape index (κ2) is 5.86. The fourth-order valence-corrected chi connectivity index (χ4v) is 1.99. The van der Waals surface area contributed by atoms with Crippen LogP contribution in [0.2, 0.25) is 0 Å². The molecule has 106 valence electrons. The lowest BCUT2D eigenvalue weighted by Crippen LogP contribution is -2.12. The third-order valence-electron chi connectivity index (χ3n) is 3.24. The van der Waals surface area contributed by atoms with E-state index in [0.29, 0.717) is 24.1 Å². The number of hydrogen-bond donors (Lipinski definition) is 1. The molecule has 0 saturated carbocycles. The zero-order chi connectivity index (χ0) is 14.7. The summed E-state index contributed by atoms with van der Waals surface area (Å²) >= 11 is 0. The van der Waals surface area contributed by atoms with Crippen molar-refractivity contribution in [2.75, 3.05) is 5.32 Å². The molecule has 0 unspecified atom stereocenters. The van der Waals surface area contributed by atoms with Gasteiger partial charge in [-0.25, -0.2) is 4.39 Å². The third kappa shape index (κ3) is 3.23. The molecule has 0 fully saturated rings. The normalized spacial score (nSPS) is 10.6. The molecule has 1 N–H and O–H groups in total. The highest BCUT2D eigenvalue weighted by molar-refractivity contribution is 5.90. The Balaban J connectivity index is 1.94. The van der Waals surface area contributed by atoms with E-state index in [1.165, 1.54) is 6.07 Å². The van der Waals surface area contributed by atoms with Crippen LogP contribution in [0.3, 0.4) is 0 Å². The minimum atomic E-state index is -0.325. The average Bonchev–Trinajstić information content (AvgIpc) is 2.71. The number of anilines is 1. The number of aryl methyl sites for hydroxylation is 3. The number of nitrogens with one attached hydrogen (secondary N) is 1. The van der Waals surface area contributed by atoms with Crippen LogP contribution in [0.15, 0.2) is 22.7 Å². The van der Waals surface area contributed by atoms with Crippen LogP contribution in [0.5, 0.6) is 0 Å². The van der Waals surface area contributed by atoms with Crippen LogP contribution in [0.4, 0.5) is 10.1 Å². The van der Waals surface area contributed by atoms with Crippen molar-refractivity contribution in [3.05, 3.63) is 46.6 Å². The molecule has 1 aromatic carbocycles. The topological polar surface area (TPSA) is 55.1 Å². The van der Waals surface area contributed by atoms with E-state index >= 15 is 0 Å². The summed E-state index contributed by atoms with van der Waals surface area (Å²) in [5.74, 6) is 0.249. The maximum atomic E-state index is 13.4. The van der Waals surface area contributed by atoms with Gasteiger partial charge in [0.15, 0.2) is 0 Å². The molecule has 0 spiro atoms. The Bertz CT molecular complexity index is 615. The molecule has 1 aromatic heterocycles. The predicted octanol–water partition coefficient (Wildman–Crippen LogP) is 3.31. The van der Waals surface area contributed by atoms with E-state index in [0.717, 1.165) is 17.0 Å². The summed E-state index contributed by atoms with van der Waals surface area (Å²) in [6.45, 7) is 5.35. The molecular weight excluding hydrogens is 259 g/mol. The molecule has 2 rings (SSSR count). The highest BCUT2D eigenvalue weighted by Gasteiger charge is 2.11. The lowest BCUT2D eigenvalue weighted by Gasteiger charge is -2.06. The minimum Gasteiger partial charge on any atom is -0.361 e. The van der Waals surface area contributed by atoms with Crippen molar-refractivity contribution in [3.63, 3.8) is 0 Å². The number of hydrogen-bond acceptors (Lipinski definition) is 3. The molecule has 20 heavy (non-hydrogen) atoms. The quantitative estimate of drug-likeness (QED) is 0.932. The molecular formula is C15H17FN2O2. The third-order valence-corrected chi connectivity index (χ3v) is 3.24.